The number of rotatable bonds is 6. The van der Waals surface area contributed by atoms with Crippen LogP contribution >= 0.6 is 11.8 Å². The molecule has 2 fully saturated rings. The second kappa shape index (κ2) is 8.63. The summed E-state index contributed by atoms with van der Waals surface area (Å²) < 4.78 is 11.3. The summed E-state index contributed by atoms with van der Waals surface area (Å²) in [6, 6.07) is 8.20. The predicted molar refractivity (Wildman–Crippen MR) is 106 cm³/mol. The van der Waals surface area contributed by atoms with E-state index in [0.29, 0.717) is 5.75 Å². The molecule has 0 aliphatic carbocycles. The van der Waals surface area contributed by atoms with Crippen LogP contribution in [0.4, 0.5) is 0 Å². The Morgan fingerprint density at radius 3 is 2.50 bits per heavy atom. The van der Waals surface area contributed by atoms with E-state index < -0.39 is 0 Å². The molecule has 0 radical (unpaired) electrons. The highest BCUT2D eigenvalue weighted by atomic mass is 32.2. The molecule has 0 spiro atoms. The third-order valence-corrected chi connectivity index (χ3v) is 5.79. The minimum atomic E-state index is -0.203. The lowest BCUT2D eigenvalue weighted by atomic mass is 10.1. The van der Waals surface area contributed by atoms with E-state index in [2.05, 4.69) is 17.0 Å². The van der Waals surface area contributed by atoms with Gasteiger partial charge in [-0.05, 0) is 44.9 Å². The number of carbonyl (C=O) groups is 1. The fraction of sp³-hybridized carbons (Fsp3) is 0.650. The Labute approximate surface area is 161 Å². The fourth-order valence-corrected chi connectivity index (χ4v) is 4.53. The standard InChI is InChI=1S/C20H30N2O3S/c1-20(2,3)25-17-7-5-16(6-8-17)19-22(18(23)15-26-19)10-4-9-21-11-13-24-14-12-21/h5-8,19H,4,9-15H2,1-3H3. The Hall–Kier alpha value is -1.24. The van der Waals surface area contributed by atoms with Gasteiger partial charge in [0.05, 0.1) is 19.0 Å². The van der Waals surface area contributed by atoms with Crippen LogP contribution in [0.1, 0.15) is 38.1 Å². The van der Waals surface area contributed by atoms with Crippen LogP contribution in [0.3, 0.4) is 0 Å². The molecule has 144 valence electrons. The number of hydrogen-bond donors (Lipinski definition) is 0. The SMILES string of the molecule is CC(C)(C)Oc1ccc(C2SCC(=O)N2CCCN2CCOCC2)cc1. The molecule has 2 saturated heterocycles. The highest BCUT2D eigenvalue weighted by molar-refractivity contribution is 8.00. The van der Waals surface area contributed by atoms with E-state index in [4.69, 9.17) is 9.47 Å². The summed E-state index contributed by atoms with van der Waals surface area (Å²) in [5, 5.41) is 0.121. The molecule has 0 aromatic heterocycles. The van der Waals surface area contributed by atoms with Crippen LogP contribution in [-0.2, 0) is 9.53 Å². The maximum absolute atomic E-state index is 12.3. The quantitative estimate of drug-likeness (QED) is 0.761. The van der Waals surface area contributed by atoms with Crippen LogP contribution in [0.15, 0.2) is 24.3 Å². The molecule has 2 aliphatic rings. The Morgan fingerprint density at radius 1 is 1.15 bits per heavy atom. The van der Waals surface area contributed by atoms with Gasteiger partial charge in [-0.15, -0.1) is 11.8 Å². The molecule has 2 aliphatic heterocycles. The van der Waals surface area contributed by atoms with Crippen molar-refractivity contribution < 1.29 is 14.3 Å². The number of thioether (sulfide) groups is 1. The molecular formula is C20H30N2O3S. The first-order valence-corrected chi connectivity index (χ1v) is 10.5. The number of nitrogens with zero attached hydrogens (tertiary/aromatic N) is 2. The molecule has 26 heavy (non-hydrogen) atoms. The van der Waals surface area contributed by atoms with E-state index in [-0.39, 0.29) is 16.9 Å². The van der Waals surface area contributed by atoms with Crippen LogP contribution in [0.2, 0.25) is 0 Å². The lowest BCUT2D eigenvalue weighted by molar-refractivity contribution is -0.128. The number of amides is 1. The summed E-state index contributed by atoms with van der Waals surface area (Å²) in [6.07, 6.45) is 1.01. The minimum absolute atomic E-state index is 0.121. The Kier molecular flexibility index (Phi) is 6.48. The number of ether oxygens (including phenoxy) is 2. The summed E-state index contributed by atoms with van der Waals surface area (Å²) in [4.78, 5) is 16.8. The molecule has 1 amide bonds. The first-order valence-electron chi connectivity index (χ1n) is 9.42. The van der Waals surface area contributed by atoms with E-state index in [0.717, 1.165) is 51.6 Å². The van der Waals surface area contributed by atoms with E-state index in [9.17, 15) is 4.79 Å². The highest BCUT2D eigenvalue weighted by Gasteiger charge is 2.32. The van der Waals surface area contributed by atoms with Crippen molar-refractivity contribution in [2.45, 2.75) is 38.2 Å². The monoisotopic (exact) mass is 378 g/mol. The van der Waals surface area contributed by atoms with Crippen molar-refractivity contribution in [2.24, 2.45) is 0 Å². The number of morpholine rings is 1. The topological polar surface area (TPSA) is 42.0 Å². The summed E-state index contributed by atoms with van der Waals surface area (Å²) >= 11 is 1.72. The molecule has 1 atom stereocenters. The summed E-state index contributed by atoms with van der Waals surface area (Å²) in [5.41, 5.74) is 0.971. The molecule has 3 rings (SSSR count). The molecule has 5 nitrogen and oxygen atoms in total. The van der Waals surface area contributed by atoms with Crippen molar-refractivity contribution in [2.75, 3.05) is 45.1 Å². The first-order chi connectivity index (χ1) is 12.4. The largest absolute Gasteiger partial charge is 0.488 e. The molecular weight excluding hydrogens is 348 g/mol. The van der Waals surface area contributed by atoms with Gasteiger partial charge in [-0.1, -0.05) is 12.1 Å². The van der Waals surface area contributed by atoms with Crippen molar-refractivity contribution in [3.05, 3.63) is 29.8 Å². The van der Waals surface area contributed by atoms with Gasteiger partial charge in [0.25, 0.3) is 0 Å². The van der Waals surface area contributed by atoms with Crippen molar-refractivity contribution >= 4 is 17.7 Å². The fourth-order valence-electron chi connectivity index (χ4n) is 3.32. The molecule has 1 aromatic rings. The molecule has 1 unspecified atom stereocenters. The molecule has 6 heteroatoms. The van der Waals surface area contributed by atoms with Gasteiger partial charge in [0.1, 0.15) is 16.7 Å². The normalized spacial score (nSPS) is 22.0. The third-order valence-electron chi connectivity index (χ3n) is 4.53. The molecule has 2 heterocycles. The van der Waals surface area contributed by atoms with Crippen LogP contribution in [-0.4, -0.2) is 66.5 Å². The molecule has 0 saturated carbocycles. The molecule has 0 bridgehead atoms. The van der Waals surface area contributed by atoms with Crippen LogP contribution in [0, 0.1) is 0 Å². The van der Waals surface area contributed by atoms with Gasteiger partial charge in [0.2, 0.25) is 5.91 Å². The van der Waals surface area contributed by atoms with Crippen molar-refractivity contribution in [3.63, 3.8) is 0 Å². The van der Waals surface area contributed by atoms with Crippen LogP contribution < -0.4 is 4.74 Å². The minimum Gasteiger partial charge on any atom is -0.488 e. The van der Waals surface area contributed by atoms with Gasteiger partial charge in [0, 0.05) is 26.2 Å². The van der Waals surface area contributed by atoms with Crippen molar-refractivity contribution in [3.8, 4) is 5.75 Å². The number of carbonyl (C=O) groups excluding carboxylic acids is 1. The zero-order valence-corrected chi connectivity index (χ0v) is 16.9. The van der Waals surface area contributed by atoms with E-state index >= 15 is 0 Å². The summed E-state index contributed by atoms with van der Waals surface area (Å²) in [7, 11) is 0. The second-order valence-corrected chi connectivity index (χ2v) is 8.91. The Bertz CT molecular complexity index is 594. The summed E-state index contributed by atoms with van der Waals surface area (Å²) in [6.45, 7) is 11.6. The van der Waals surface area contributed by atoms with Gasteiger partial charge < -0.3 is 14.4 Å². The van der Waals surface area contributed by atoms with Gasteiger partial charge >= 0.3 is 0 Å². The molecule has 0 N–H and O–H groups in total. The average molecular weight is 379 g/mol. The predicted octanol–water partition coefficient (Wildman–Crippen LogP) is 3.16. The van der Waals surface area contributed by atoms with Crippen LogP contribution in [0.5, 0.6) is 5.75 Å². The number of hydrogen-bond acceptors (Lipinski definition) is 5. The van der Waals surface area contributed by atoms with Gasteiger partial charge in [-0.2, -0.15) is 0 Å². The third kappa shape index (κ3) is 5.38. The van der Waals surface area contributed by atoms with Gasteiger partial charge in [0.15, 0.2) is 0 Å². The second-order valence-electron chi connectivity index (χ2n) is 7.84. The van der Waals surface area contributed by atoms with E-state index in [1.165, 1.54) is 5.56 Å². The van der Waals surface area contributed by atoms with E-state index in [1.807, 2.05) is 37.8 Å². The smallest absolute Gasteiger partial charge is 0.233 e. The van der Waals surface area contributed by atoms with Crippen molar-refractivity contribution in [1.29, 1.82) is 0 Å². The van der Waals surface area contributed by atoms with Crippen LogP contribution in [0.25, 0.3) is 0 Å². The Balaban J connectivity index is 1.56. The Morgan fingerprint density at radius 2 is 1.85 bits per heavy atom. The lowest BCUT2D eigenvalue weighted by Crippen LogP contribution is -2.38. The van der Waals surface area contributed by atoms with Crippen molar-refractivity contribution in [1.82, 2.24) is 9.80 Å². The van der Waals surface area contributed by atoms with Gasteiger partial charge in [-0.3, -0.25) is 9.69 Å². The maximum Gasteiger partial charge on any atom is 0.233 e. The highest BCUT2D eigenvalue weighted by Crippen LogP contribution is 2.39. The maximum atomic E-state index is 12.3. The molecule has 1 aromatic carbocycles. The number of benzene rings is 1. The first kappa shape index (κ1) is 19.5. The summed E-state index contributed by atoms with van der Waals surface area (Å²) in [5.74, 6) is 1.69. The van der Waals surface area contributed by atoms with Gasteiger partial charge in [-0.25, -0.2) is 0 Å². The van der Waals surface area contributed by atoms with E-state index in [1.54, 1.807) is 11.8 Å². The zero-order valence-electron chi connectivity index (χ0n) is 16.1. The average Bonchev–Trinajstić information content (AvgIpc) is 2.96. The zero-order chi connectivity index (χ0) is 18.6. The lowest BCUT2D eigenvalue weighted by Gasteiger charge is -2.29.